The maximum atomic E-state index is 11.4. The summed E-state index contributed by atoms with van der Waals surface area (Å²) in [6.45, 7) is 0.413. The summed E-state index contributed by atoms with van der Waals surface area (Å²) >= 11 is 0. The van der Waals surface area contributed by atoms with Crippen LogP contribution >= 0.6 is 0 Å². The smallest absolute Gasteiger partial charge is 0.313 e. The number of nitrogens with two attached hydrogens (primary N) is 1. The van der Waals surface area contributed by atoms with E-state index in [0.717, 1.165) is 0 Å². The number of carbonyl (C=O) groups is 2. The molecule has 4 nitrogen and oxygen atoms in total. The van der Waals surface area contributed by atoms with Gasteiger partial charge in [-0.2, -0.15) is 0 Å². The SMILES string of the molecule is NC(=O)c1ccccc1[C@H]1CCOC1=O. The van der Waals surface area contributed by atoms with Crippen LogP contribution < -0.4 is 5.73 Å². The van der Waals surface area contributed by atoms with Crippen LogP contribution in [0.15, 0.2) is 24.3 Å². The average Bonchev–Trinajstić information content (AvgIpc) is 2.64. The van der Waals surface area contributed by atoms with E-state index in [9.17, 15) is 9.59 Å². The van der Waals surface area contributed by atoms with Crippen molar-refractivity contribution in [2.75, 3.05) is 6.61 Å². The molecule has 4 heteroatoms. The molecule has 1 aliphatic heterocycles. The minimum Gasteiger partial charge on any atom is -0.465 e. The first-order valence-corrected chi connectivity index (χ1v) is 4.75. The summed E-state index contributed by atoms with van der Waals surface area (Å²) in [6, 6.07) is 6.89. The molecule has 2 rings (SSSR count). The molecule has 0 radical (unpaired) electrons. The predicted octanol–water partition coefficient (Wildman–Crippen LogP) is 0.816. The summed E-state index contributed by atoms with van der Waals surface area (Å²) < 4.78 is 4.86. The minimum absolute atomic E-state index is 0.274. The second-order valence-electron chi connectivity index (χ2n) is 3.46. The second-order valence-corrected chi connectivity index (χ2v) is 3.46. The molecule has 1 aliphatic rings. The molecule has 0 aliphatic carbocycles. The highest BCUT2D eigenvalue weighted by atomic mass is 16.5. The van der Waals surface area contributed by atoms with Crippen LogP contribution in [-0.2, 0) is 9.53 Å². The van der Waals surface area contributed by atoms with Gasteiger partial charge in [-0.3, -0.25) is 9.59 Å². The van der Waals surface area contributed by atoms with Crippen LogP contribution in [0.25, 0.3) is 0 Å². The molecule has 1 aromatic rings. The minimum atomic E-state index is -0.509. The van der Waals surface area contributed by atoms with Crippen molar-refractivity contribution in [2.24, 2.45) is 5.73 Å². The van der Waals surface area contributed by atoms with Crippen molar-refractivity contribution in [3.63, 3.8) is 0 Å². The first kappa shape index (κ1) is 9.71. The maximum Gasteiger partial charge on any atom is 0.313 e. The van der Waals surface area contributed by atoms with Gasteiger partial charge in [-0.1, -0.05) is 18.2 Å². The highest BCUT2D eigenvalue weighted by molar-refractivity contribution is 5.96. The van der Waals surface area contributed by atoms with E-state index in [1.165, 1.54) is 0 Å². The average molecular weight is 205 g/mol. The van der Waals surface area contributed by atoms with Gasteiger partial charge in [0.1, 0.15) is 0 Å². The van der Waals surface area contributed by atoms with Gasteiger partial charge in [0.25, 0.3) is 0 Å². The van der Waals surface area contributed by atoms with Crippen molar-refractivity contribution < 1.29 is 14.3 Å². The Morgan fingerprint density at radius 2 is 2.13 bits per heavy atom. The number of primary amides is 1. The Morgan fingerprint density at radius 3 is 2.73 bits per heavy atom. The Hall–Kier alpha value is -1.84. The van der Waals surface area contributed by atoms with E-state index in [-0.39, 0.29) is 11.9 Å². The molecule has 1 saturated heterocycles. The Labute approximate surface area is 87.0 Å². The number of benzene rings is 1. The third-order valence-corrected chi connectivity index (χ3v) is 2.54. The molecule has 0 saturated carbocycles. The number of hydrogen-bond donors (Lipinski definition) is 1. The molecular weight excluding hydrogens is 194 g/mol. The monoisotopic (exact) mass is 205 g/mol. The summed E-state index contributed by atoms with van der Waals surface area (Å²) in [6.07, 6.45) is 0.614. The quantitative estimate of drug-likeness (QED) is 0.726. The van der Waals surface area contributed by atoms with Crippen LogP contribution in [0.1, 0.15) is 28.3 Å². The highest BCUT2D eigenvalue weighted by Gasteiger charge is 2.30. The zero-order valence-electron chi connectivity index (χ0n) is 8.10. The topological polar surface area (TPSA) is 69.4 Å². The third-order valence-electron chi connectivity index (χ3n) is 2.54. The molecule has 0 bridgehead atoms. The van der Waals surface area contributed by atoms with Crippen LogP contribution in [0, 0.1) is 0 Å². The molecular formula is C11H11NO3. The maximum absolute atomic E-state index is 11.4. The van der Waals surface area contributed by atoms with Crippen molar-refractivity contribution in [1.82, 2.24) is 0 Å². The molecule has 0 unspecified atom stereocenters. The first-order chi connectivity index (χ1) is 7.20. The van der Waals surface area contributed by atoms with Crippen molar-refractivity contribution in [3.05, 3.63) is 35.4 Å². The van der Waals surface area contributed by atoms with E-state index >= 15 is 0 Å². The number of ether oxygens (including phenoxy) is 1. The first-order valence-electron chi connectivity index (χ1n) is 4.75. The largest absolute Gasteiger partial charge is 0.465 e. The second kappa shape index (κ2) is 3.73. The fourth-order valence-corrected chi connectivity index (χ4v) is 1.80. The molecule has 0 spiro atoms. The van der Waals surface area contributed by atoms with E-state index in [4.69, 9.17) is 10.5 Å². The normalized spacial score (nSPS) is 20.0. The van der Waals surface area contributed by atoms with Crippen molar-refractivity contribution in [3.8, 4) is 0 Å². The molecule has 1 fully saturated rings. The fourth-order valence-electron chi connectivity index (χ4n) is 1.80. The molecule has 0 aromatic heterocycles. The number of cyclic esters (lactones) is 1. The van der Waals surface area contributed by atoms with Crippen LogP contribution in [-0.4, -0.2) is 18.5 Å². The van der Waals surface area contributed by atoms with Gasteiger partial charge in [-0.25, -0.2) is 0 Å². The van der Waals surface area contributed by atoms with Gasteiger partial charge >= 0.3 is 5.97 Å². The predicted molar refractivity (Wildman–Crippen MR) is 53.3 cm³/mol. The lowest BCUT2D eigenvalue weighted by molar-refractivity contribution is -0.139. The van der Waals surface area contributed by atoms with Crippen LogP contribution in [0.5, 0.6) is 0 Å². The Kier molecular flexibility index (Phi) is 2.41. The summed E-state index contributed by atoms with van der Waals surface area (Å²) in [5, 5.41) is 0. The van der Waals surface area contributed by atoms with Gasteiger partial charge in [0.15, 0.2) is 0 Å². The molecule has 1 heterocycles. The molecule has 1 aromatic carbocycles. The van der Waals surface area contributed by atoms with Gasteiger partial charge in [-0.15, -0.1) is 0 Å². The zero-order chi connectivity index (χ0) is 10.8. The number of esters is 1. The summed E-state index contributed by atoms with van der Waals surface area (Å²) in [7, 11) is 0. The van der Waals surface area contributed by atoms with E-state index in [0.29, 0.717) is 24.2 Å². The van der Waals surface area contributed by atoms with Gasteiger partial charge in [0, 0.05) is 5.56 Å². The number of hydrogen-bond acceptors (Lipinski definition) is 3. The van der Waals surface area contributed by atoms with E-state index in [1.807, 2.05) is 0 Å². The molecule has 2 N–H and O–H groups in total. The molecule has 15 heavy (non-hydrogen) atoms. The van der Waals surface area contributed by atoms with E-state index in [2.05, 4.69) is 0 Å². The Bertz CT molecular complexity index is 414. The van der Waals surface area contributed by atoms with Gasteiger partial charge in [0.2, 0.25) is 5.91 Å². The van der Waals surface area contributed by atoms with Crippen molar-refractivity contribution in [1.29, 1.82) is 0 Å². The molecule has 78 valence electrons. The number of amides is 1. The van der Waals surface area contributed by atoms with Gasteiger partial charge in [0.05, 0.1) is 12.5 Å². The van der Waals surface area contributed by atoms with Gasteiger partial charge < -0.3 is 10.5 Å². The van der Waals surface area contributed by atoms with Crippen LogP contribution in [0.4, 0.5) is 0 Å². The Balaban J connectivity index is 2.42. The van der Waals surface area contributed by atoms with Crippen molar-refractivity contribution >= 4 is 11.9 Å². The highest BCUT2D eigenvalue weighted by Crippen LogP contribution is 2.28. The molecule has 1 amide bonds. The fraction of sp³-hybridized carbons (Fsp3) is 0.273. The number of rotatable bonds is 2. The summed E-state index contributed by atoms with van der Waals surface area (Å²) in [5.41, 5.74) is 6.31. The lowest BCUT2D eigenvalue weighted by Crippen LogP contribution is -2.17. The van der Waals surface area contributed by atoms with E-state index in [1.54, 1.807) is 24.3 Å². The summed E-state index contributed by atoms with van der Waals surface area (Å²) in [5.74, 6) is -1.12. The lowest BCUT2D eigenvalue weighted by Gasteiger charge is -2.09. The van der Waals surface area contributed by atoms with Crippen LogP contribution in [0.3, 0.4) is 0 Å². The Morgan fingerprint density at radius 1 is 1.40 bits per heavy atom. The van der Waals surface area contributed by atoms with Crippen LogP contribution in [0.2, 0.25) is 0 Å². The zero-order valence-corrected chi connectivity index (χ0v) is 8.10. The summed E-state index contributed by atoms with van der Waals surface area (Å²) in [4.78, 5) is 22.5. The molecule has 1 atom stereocenters. The van der Waals surface area contributed by atoms with Gasteiger partial charge in [-0.05, 0) is 18.1 Å². The lowest BCUT2D eigenvalue weighted by atomic mass is 9.93. The number of carbonyl (C=O) groups excluding carboxylic acids is 2. The third kappa shape index (κ3) is 1.70. The standard InChI is InChI=1S/C11H11NO3/c12-10(13)8-4-2-1-3-7(8)9-5-6-15-11(9)14/h1-4,9H,5-6H2,(H2,12,13)/t9-/m1/s1. The van der Waals surface area contributed by atoms with E-state index < -0.39 is 5.91 Å². The van der Waals surface area contributed by atoms with Crippen molar-refractivity contribution in [2.45, 2.75) is 12.3 Å².